The first kappa shape index (κ1) is 20.7. The summed E-state index contributed by atoms with van der Waals surface area (Å²) in [5.74, 6) is 3.02. The molecular weight excluding hydrogens is 390 g/mol. The van der Waals surface area contributed by atoms with Crippen LogP contribution < -0.4 is 14.2 Å². The molecular formula is C21H23N3O4S. The zero-order valence-corrected chi connectivity index (χ0v) is 17.4. The number of aromatic nitrogens is 3. The van der Waals surface area contributed by atoms with E-state index in [1.54, 1.807) is 38.5 Å². The zero-order chi connectivity index (χ0) is 20.6. The van der Waals surface area contributed by atoms with E-state index in [2.05, 4.69) is 10.2 Å². The summed E-state index contributed by atoms with van der Waals surface area (Å²) >= 11 is 1.36. The Bertz CT molecular complexity index is 957. The minimum absolute atomic E-state index is 0.0233. The van der Waals surface area contributed by atoms with Gasteiger partial charge in [0.25, 0.3) is 0 Å². The summed E-state index contributed by atoms with van der Waals surface area (Å²) in [4.78, 5) is 12.4. The fraction of sp³-hybridized carbons (Fsp3) is 0.286. The molecule has 0 aliphatic carbocycles. The molecule has 0 aliphatic rings. The number of para-hydroxylation sites is 2. The molecule has 0 bridgehead atoms. The predicted octanol–water partition coefficient (Wildman–Crippen LogP) is 3.87. The molecule has 0 amide bonds. The Morgan fingerprint density at radius 2 is 1.72 bits per heavy atom. The van der Waals surface area contributed by atoms with E-state index in [1.165, 1.54) is 11.8 Å². The molecule has 0 aliphatic heterocycles. The summed E-state index contributed by atoms with van der Waals surface area (Å²) in [5.41, 5.74) is 0.639. The molecule has 0 fully saturated rings. The first-order valence-corrected chi connectivity index (χ1v) is 10.1. The van der Waals surface area contributed by atoms with Crippen LogP contribution in [0.5, 0.6) is 17.2 Å². The molecule has 3 rings (SSSR count). The van der Waals surface area contributed by atoms with Gasteiger partial charge in [-0.3, -0.25) is 4.79 Å². The fourth-order valence-corrected chi connectivity index (χ4v) is 3.64. The van der Waals surface area contributed by atoms with Gasteiger partial charge in [0.15, 0.2) is 28.3 Å². The van der Waals surface area contributed by atoms with Crippen LogP contribution in [0.3, 0.4) is 0 Å². The van der Waals surface area contributed by atoms with Crippen LogP contribution in [0.2, 0.25) is 0 Å². The number of methoxy groups -OCH3 is 2. The van der Waals surface area contributed by atoms with E-state index in [9.17, 15) is 4.79 Å². The molecule has 152 valence electrons. The summed E-state index contributed by atoms with van der Waals surface area (Å²) in [6.45, 7) is 2.94. The van der Waals surface area contributed by atoms with Crippen molar-refractivity contribution in [2.45, 2.75) is 25.2 Å². The number of hydrogen-bond acceptors (Lipinski definition) is 7. The van der Waals surface area contributed by atoms with E-state index in [-0.39, 0.29) is 18.1 Å². The average Bonchev–Trinajstić information content (AvgIpc) is 3.17. The lowest BCUT2D eigenvalue weighted by molar-refractivity contribution is 0.102. The van der Waals surface area contributed by atoms with Gasteiger partial charge in [-0.05, 0) is 43.3 Å². The van der Waals surface area contributed by atoms with E-state index in [0.29, 0.717) is 34.6 Å². The van der Waals surface area contributed by atoms with Crippen LogP contribution in [0.4, 0.5) is 0 Å². The van der Waals surface area contributed by atoms with Crippen molar-refractivity contribution in [2.75, 3.05) is 20.0 Å². The number of hydrogen-bond donors (Lipinski definition) is 0. The number of rotatable bonds is 10. The molecule has 0 saturated heterocycles. The third-order valence-electron chi connectivity index (χ3n) is 4.28. The van der Waals surface area contributed by atoms with Crippen LogP contribution in [-0.2, 0) is 13.2 Å². The van der Waals surface area contributed by atoms with Gasteiger partial charge in [-0.1, -0.05) is 23.9 Å². The molecule has 0 unspecified atom stereocenters. The normalized spacial score (nSPS) is 10.6. The van der Waals surface area contributed by atoms with Crippen molar-refractivity contribution in [1.29, 1.82) is 0 Å². The van der Waals surface area contributed by atoms with Crippen molar-refractivity contribution >= 4 is 17.5 Å². The maximum absolute atomic E-state index is 12.4. The number of ether oxygens (including phenoxy) is 3. The van der Waals surface area contributed by atoms with Gasteiger partial charge in [0.2, 0.25) is 0 Å². The first-order valence-electron chi connectivity index (χ1n) is 9.14. The topological polar surface area (TPSA) is 75.5 Å². The summed E-state index contributed by atoms with van der Waals surface area (Å²) in [6, 6.07) is 14.5. The molecule has 1 aromatic heterocycles. The predicted molar refractivity (Wildman–Crippen MR) is 111 cm³/mol. The van der Waals surface area contributed by atoms with Crippen molar-refractivity contribution in [3.8, 4) is 17.2 Å². The lowest BCUT2D eigenvalue weighted by atomic mass is 10.1. The van der Waals surface area contributed by atoms with Crippen LogP contribution in [0.1, 0.15) is 23.1 Å². The van der Waals surface area contributed by atoms with Crippen molar-refractivity contribution in [1.82, 2.24) is 14.8 Å². The lowest BCUT2D eigenvalue weighted by Gasteiger charge is -2.11. The Labute approximate surface area is 174 Å². The first-order chi connectivity index (χ1) is 14.2. The minimum atomic E-state index is 0.0233. The summed E-state index contributed by atoms with van der Waals surface area (Å²) < 4.78 is 18.2. The average molecular weight is 413 g/mol. The number of thioether (sulfide) groups is 1. The van der Waals surface area contributed by atoms with Crippen molar-refractivity contribution in [2.24, 2.45) is 0 Å². The summed E-state index contributed by atoms with van der Waals surface area (Å²) in [5, 5.41) is 9.14. The van der Waals surface area contributed by atoms with Gasteiger partial charge in [-0.2, -0.15) is 0 Å². The SMILES string of the molecule is CCn1c(COc2ccccc2OC)nnc1SCC(=O)c1ccc(OC)cc1. The number of Topliss-reactive ketones (excluding diaryl/α,β-unsaturated/α-hetero) is 1. The minimum Gasteiger partial charge on any atom is -0.497 e. The van der Waals surface area contributed by atoms with Gasteiger partial charge in [-0.15, -0.1) is 10.2 Å². The molecule has 1 heterocycles. The molecule has 0 atom stereocenters. The van der Waals surface area contributed by atoms with Gasteiger partial charge < -0.3 is 18.8 Å². The molecule has 3 aromatic rings. The molecule has 0 spiro atoms. The van der Waals surface area contributed by atoms with Crippen LogP contribution in [0.25, 0.3) is 0 Å². The summed E-state index contributed by atoms with van der Waals surface area (Å²) in [7, 11) is 3.20. The quantitative estimate of drug-likeness (QED) is 0.369. The van der Waals surface area contributed by atoms with E-state index >= 15 is 0 Å². The molecule has 7 nitrogen and oxygen atoms in total. The van der Waals surface area contributed by atoms with Crippen LogP contribution in [0.15, 0.2) is 53.7 Å². The third-order valence-corrected chi connectivity index (χ3v) is 5.25. The zero-order valence-electron chi connectivity index (χ0n) is 16.6. The van der Waals surface area contributed by atoms with Crippen molar-refractivity contribution < 1.29 is 19.0 Å². The van der Waals surface area contributed by atoms with Crippen LogP contribution in [0, 0.1) is 0 Å². The van der Waals surface area contributed by atoms with Crippen LogP contribution in [-0.4, -0.2) is 40.5 Å². The number of benzene rings is 2. The highest BCUT2D eigenvalue weighted by Crippen LogP contribution is 2.27. The van der Waals surface area contributed by atoms with E-state index in [1.807, 2.05) is 35.8 Å². The molecule has 0 saturated carbocycles. The van der Waals surface area contributed by atoms with Gasteiger partial charge in [0, 0.05) is 12.1 Å². The monoisotopic (exact) mass is 413 g/mol. The molecule has 0 radical (unpaired) electrons. The van der Waals surface area contributed by atoms with Gasteiger partial charge in [0.05, 0.1) is 20.0 Å². The maximum atomic E-state index is 12.4. The molecule has 2 aromatic carbocycles. The summed E-state index contributed by atoms with van der Waals surface area (Å²) in [6.07, 6.45) is 0. The Balaban J connectivity index is 1.63. The third kappa shape index (κ3) is 5.08. The standard InChI is InChI=1S/C21H23N3O4S/c1-4-24-20(13-28-19-8-6-5-7-18(19)27-3)22-23-21(24)29-14-17(25)15-9-11-16(26-2)12-10-15/h5-12H,4,13-14H2,1-3H3. The largest absolute Gasteiger partial charge is 0.497 e. The highest BCUT2D eigenvalue weighted by atomic mass is 32.2. The lowest BCUT2D eigenvalue weighted by Crippen LogP contribution is -2.08. The number of carbonyl (C=O) groups is 1. The second-order valence-electron chi connectivity index (χ2n) is 6.02. The number of nitrogens with zero attached hydrogens (tertiary/aromatic N) is 3. The Morgan fingerprint density at radius 1 is 1.00 bits per heavy atom. The van der Waals surface area contributed by atoms with Crippen molar-refractivity contribution in [3.63, 3.8) is 0 Å². The highest BCUT2D eigenvalue weighted by Gasteiger charge is 2.15. The molecule has 0 N–H and O–H groups in total. The van der Waals surface area contributed by atoms with E-state index in [0.717, 1.165) is 5.75 Å². The Kier molecular flexibility index (Phi) is 7.13. The van der Waals surface area contributed by atoms with E-state index < -0.39 is 0 Å². The number of carbonyl (C=O) groups excluding carboxylic acids is 1. The Hall–Kier alpha value is -3.00. The molecule has 8 heteroatoms. The number of ketones is 1. The highest BCUT2D eigenvalue weighted by molar-refractivity contribution is 7.99. The van der Waals surface area contributed by atoms with Crippen LogP contribution >= 0.6 is 11.8 Å². The van der Waals surface area contributed by atoms with Crippen molar-refractivity contribution in [3.05, 3.63) is 59.9 Å². The van der Waals surface area contributed by atoms with E-state index in [4.69, 9.17) is 14.2 Å². The smallest absolute Gasteiger partial charge is 0.191 e. The Morgan fingerprint density at radius 3 is 2.38 bits per heavy atom. The van der Waals surface area contributed by atoms with Gasteiger partial charge in [-0.25, -0.2) is 0 Å². The fourth-order valence-electron chi connectivity index (χ4n) is 2.72. The maximum Gasteiger partial charge on any atom is 0.191 e. The van der Waals surface area contributed by atoms with Gasteiger partial charge in [0.1, 0.15) is 12.4 Å². The second kappa shape index (κ2) is 9.97. The van der Waals surface area contributed by atoms with Gasteiger partial charge >= 0.3 is 0 Å². The second-order valence-corrected chi connectivity index (χ2v) is 6.97. The molecule has 29 heavy (non-hydrogen) atoms.